The fourth-order valence-electron chi connectivity index (χ4n) is 2.25. The van der Waals surface area contributed by atoms with Gasteiger partial charge in [0.25, 0.3) is 5.91 Å². The van der Waals surface area contributed by atoms with E-state index in [1.54, 1.807) is 18.3 Å². The highest BCUT2D eigenvalue weighted by molar-refractivity contribution is 9.11. The molecule has 0 unspecified atom stereocenters. The molecule has 0 aromatic heterocycles. The van der Waals surface area contributed by atoms with E-state index >= 15 is 0 Å². The number of nitrogens with zero attached hydrogens (tertiary/aromatic N) is 1. The molecule has 1 aliphatic rings. The number of halogens is 2. The van der Waals surface area contributed by atoms with Crippen LogP contribution in [0.2, 0.25) is 0 Å². The molecule has 0 atom stereocenters. The first kappa shape index (κ1) is 17.8. The minimum absolute atomic E-state index is 0.0960. The number of carbonyl (C=O) groups is 1. The van der Waals surface area contributed by atoms with Gasteiger partial charge in [0.15, 0.2) is 11.5 Å². The van der Waals surface area contributed by atoms with Gasteiger partial charge in [-0.05, 0) is 80.2 Å². The van der Waals surface area contributed by atoms with Gasteiger partial charge in [-0.2, -0.15) is 5.10 Å². The number of ether oxygens (including phenoxy) is 2. The van der Waals surface area contributed by atoms with Gasteiger partial charge in [-0.15, -0.1) is 0 Å². The second-order valence-corrected chi connectivity index (χ2v) is 7.07. The lowest BCUT2D eigenvalue weighted by Gasteiger charge is -2.11. The maximum absolute atomic E-state index is 11.9. The number of aryl methyl sites for hydroxylation is 1. The van der Waals surface area contributed by atoms with Gasteiger partial charge in [0, 0.05) is 8.95 Å². The average Bonchev–Trinajstić information content (AvgIpc) is 3.01. The van der Waals surface area contributed by atoms with Crippen LogP contribution in [0.3, 0.4) is 0 Å². The number of rotatable bonds is 5. The first-order valence-corrected chi connectivity index (χ1v) is 9.02. The number of hydrogen-bond acceptors (Lipinski definition) is 5. The summed E-state index contributed by atoms with van der Waals surface area (Å²) in [7, 11) is 0. The summed E-state index contributed by atoms with van der Waals surface area (Å²) in [6.45, 7) is 2.32. The molecular weight excluding hydrogens is 454 g/mol. The van der Waals surface area contributed by atoms with Crippen LogP contribution in [0.25, 0.3) is 0 Å². The summed E-state index contributed by atoms with van der Waals surface area (Å²) in [6, 6.07) is 9.39. The highest BCUT2D eigenvalue weighted by Crippen LogP contribution is 2.32. The molecule has 0 saturated carbocycles. The molecule has 1 aliphatic heterocycles. The van der Waals surface area contributed by atoms with Gasteiger partial charge < -0.3 is 14.8 Å². The van der Waals surface area contributed by atoms with Crippen molar-refractivity contribution in [1.29, 1.82) is 0 Å². The molecule has 1 amide bonds. The fourth-order valence-corrected chi connectivity index (χ4v) is 3.94. The van der Waals surface area contributed by atoms with Gasteiger partial charge in [0.2, 0.25) is 6.79 Å². The quantitative estimate of drug-likeness (QED) is 0.517. The predicted molar refractivity (Wildman–Crippen MR) is 103 cm³/mol. The van der Waals surface area contributed by atoms with E-state index in [0.29, 0.717) is 11.5 Å². The second-order valence-electron chi connectivity index (χ2n) is 5.36. The van der Waals surface area contributed by atoms with Crippen molar-refractivity contribution in [3.63, 3.8) is 0 Å². The molecule has 130 valence electrons. The molecule has 2 N–H and O–H groups in total. The van der Waals surface area contributed by atoms with Crippen LogP contribution >= 0.6 is 31.9 Å². The van der Waals surface area contributed by atoms with E-state index in [2.05, 4.69) is 47.7 Å². The van der Waals surface area contributed by atoms with Crippen molar-refractivity contribution in [3.05, 3.63) is 50.4 Å². The van der Waals surface area contributed by atoms with Gasteiger partial charge in [-0.3, -0.25) is 4.79 Å². The molecule has 0 bridgehead atoms. The molecule has 0 radical (unpaired) electrons. The number of benzene rings is 2. The van der Waals surface area contributed by atoms with Crippen LogP contribution in [0.4, 0.5) is 5.69 Å². The van der Waals surface area contributed by atoms with Crippen molar-refractivity contribution in [2.75, 3.05) is 18.7 Å². The highest BCUT2D eigenvalue weighted by Gasteiger charge is 2.12. The zero-order chi connectivity index (χ0) is 17.8. The molecule has 6 nitrogen and oxygen atoms in total. The van der Waals surface area contributed by atoms with E-state index < -0.39 is 0 Å². The Bertz CT molecular complexity index is 817. The van der Waals surface area contributed by atoms with Crippen molar-refractivity contribution >= 4 is 49.7 Å². The number of hydrogen-bond donors (Lipinski definition) is 2. The molecule has 25 heavy (non-hydrogen) atoms. The van der Waals surface area contributed by atoms with Crippen LogP contribution in [-0.4, -0.2) is 25.5 Å². The Morgan fingerprint density at radius 1 is 1.20 bits per heavy atom. The Kier molecular flexibility index (Phi) is 5.60. The third-order valence-corrected chi connectivity index (χ3v) is 4.66. The molecular formula is C17H15Br2N3O3. The average molecular weight is 469 g/mol. The molecule has 0 spiro atoms. The van der Waals surface area contributed by atoms with Crippen LogP contribution in [-0.2, 0) is 4.79 Å². The van der Waals surface area contributed by atoms with Gasteiger partial charge in [0.1, 0.15) is 0 Å². The standard InChI is InChI=1S/C17H15Br2N3O3/c1-10-4-12(18)17(13(19)5-10)20-8-16(23)22-21-7-11-2-3-14-15(6-11)25-9-24-14/h2-7,20H,8-9H2,1H3,(H,22,23)/b21-7+. The fraction of sp³-hybridized carbons (Fsp3) is 0.176. The van der Waals surface area contributed by atoms with Crippen LogP contribution in [0, 0.1) is 6.92 Å². The van der Waals surface area contributed by atoms with E-state index in [9.17, 15) is 4.79 Å². The van der Waals surface area contributed by atoms with Crippen LogP contribution in [0.5, 0.6) is 11.5 Å². The number of carbonyl (C=O) groups excluding carboxylic acids is 1. The number of anilines is 1. The van der Waals surface area contributed by atoms with Crippen molar-refractivity contribution < 1.29 is 14.3 Å². The van der Waals surface area contributed by atoms with E-state index in [-0.39, 0.29) is 19.2 Å². The summed E-state index contributed by atoms with van der Waals surface area (Å²) < 4.78 is 12.3. The smallest absolute Gasteiger partial charge is 0.259 e. The van der Waals surface area contributed by atoms with Crippen molar-refractivity contribution in [1.82, 2.24) is 5.43 Å². The SMILES string of the molecule is Cc1cc(Br)c(NCC(=O)N/N=C/c2ccc3c(c2)OCO3)c(Br)c1. The van der Waals surface area contributed by atoms with Crippen molar-refractivity contribution in [2.24, 2.45) is 5.10 Å². The molecule has 3 rings (SSSR count). The molecule has 2 aromatic rings. The summed E-state index contributed by atoms with van der Waals surface area (Å²) in [5, 5.41) is 7.03. The third-order valence-electron chi connectivity index (χ3n) is 3.41. The topological polar surface area (TPSA) is 72.0 Å². The summed E-state index contributed by atoms with van der Waals surface area (Å²) in [6.07, 6.45) is 1.55. The highest BCUT2D eigenvalue weighted by atomic mass is 79.9. The summed E-state index contributed by atoms with van der Waals surface area (Å²) in [5.74, 6) is 1.13. The zero-order valence-corrected chi connectivity index (χ0v) is 16.5. The van der Waals surface area contributed by atoms with E-state index in [1.807, 2.05) is 25.1 Å². The molecule has 0 aliphatic carbocycles. The summed E-state index contributed by atoms with van der Waals surface area (Å²) in [5.41, 5.74) is 5.22. The lowest BCUT2D eigenvalue weighted by Crippen LogP contribution is -2.26. The number of amides is 1. The number of hydrazone groups is 1. The predicted octanol–water partition coefficient (Wildman–Crippen LogP) is 3.81. The Balaban J connectivity index is 1.53. The molecule has 1 heterocycles. The van der Waals surface area contributed by atoms with Crippen LogP contribution in [0.15, 0.2) is 44.4 Å². The molecule has 0 saturated heterocycles. The zero-order valence-electron chi connectivity index (χ0n) is 13.3. The van der Waals surface area contributed by atoms with Crippen molar-refractivity contribution in [3.8, 4) is 11.5 Å². The number of fused-ring (bicyclic) bond motifs is 1. The first-order chi connectivity index (χ1) is 12.0. The normalized spacial score (nSPS) is 12.4. The lowest BCUT2D eigenvalue weighted by molar-refractivity contribution is -0.119. The number of nitrogens with one attached hydrogen (secondary N) is 2. The maximum Gasteiger partial charge on any atom is 0.259 e. The van der Waals surface area contributed by atoms with Crippen molar-refractivity contribution in [2.45, 2.75) is 6.92 Å². The Labute approximate surface area is 161 Å². The van der Waals surface area contributed by atoms with E-state index in [4.69, 9.17) is 9.47 Å². The molecule has 8 heteroatoms. The van der Waals surface area contributed by atoms with Crippen LogP contribution < -0.4 is 20.2 Å². The maximum atomic E-state index is 11.9. The third kappa shape index (κ3) is 4.52. The Hall–Kier alpha value is -2.06. The van der Waals surface area contributed by atoms with Gasteiger partial charge >= 0.3 is 0 Å². The Morgan fingerprint density at radius 2 is 1.92 bits per heavy atom. The van der Waals surface area contributed by atoms with Gasteiger partial charge in [-0.25, -0.2) is 5.43 Å². The molecule has 0 fully saturated rings. The second kappa shape index (κ2) is 7.88. The van der Waals surface area contributed by atoms with Crippen LogP contribution in [0.1, 0.15) is 11.1 Å². The Morgan fingerprint density at radius 3 is 2.68 bits per heavy atom. The minimum Gasteiger partial charge on any atom is -0.454 e. The first-order valence-electron chi connectivity index (χ1n) is 7.44. The largest absolute Gasteiger partial charge is 0.454 e. The van der Waals surface area contributed by atoms with Gasteiger partial charge in [0.05, 0.1) is 18.4 Å². The molecule has 2 aromatic carbocycles. The minimum atomic E-state index is -0.253. The lowest BCUT2D eigenvalue weighted by atomic mass is 10.2. The monoisotopic (exact) mass is 467 g/mol. The summed E-state index contributed by atoms with van der Waals surface area (Å²) >= 11 is 6.96. The van der Waals surface area contributed by atoms with Gasteiger partial charge in [-0.1, -0.05) is 0 Å². The van der Waals surface area contributed by atoms with E-state index in [1.165, 1.54) is 0 Å². The summed E-state index contributed by atoms with van der Waals surface area (Å²) in [4.78, 5) is 11.9. The van der Waals surface area contributed by atoms with E-state index in [0.717, 1.165) is 25.8 Å².